The van der Waals surface area contributed by atoms with E-state index in [0.29, 0.717) is 24.1 Å². The summed E-state index contributed by atoms with van der Waals surface area (Å²) < 4.78 is 13.5. The largest absolute Gasteiger partial charge is 0.481 e. The molecular weight excluding hydrogens is 249 g/mol. The van der Waals surface area contributed by atoms with Crippen molar-refractivity contribution in [2.75, 3.05) is 6.54 Å². The van der Waals surface area contributed by atoms with Gasteiger partial charge in [-0.25, -0.2) is 4.39 Å². The fourth-order valence-electron chi connectivity index (χ4n) is 2.55. The van der Waals surface area contributed by atoms with Crippen LogP contribution in [0.5, 0.6) is 0 Å². The highest BCUT2D eigenvalue weighted by Gasteiger charge is 2.38. The molecule has 4 nitrogen and oxygen atoms in total. The molecule has 0 aliphatic carbocycles. The van der Waals surface area contributed by atoms with E-state index in [1.165, 1.54) is 17.0 Å². The minimum absolute atomic E-state index is 0.298. The van der Waals surface area contributed by atoms with Gasteiger partial charge in [0.2, 0.25) is 0 Å². The van der Waals surface area contributed by atoms with Crippen LogP contribution < -0.4 is 0 Å². The van der Waals surface area contributed by atoms with E-state index in [-0.39, 0.29) is 11.9 Å². The molecule has 5 heteroatoms. The molecule has 1 saturated heterocycles. The van der Waals surface area contributed by atoms with E-state index in [1.54, 1.807) is 19.9 Å². The van der Waals surface area contributed by atoms with Crippen LogP contribution in [0.25, 0.3) is 0 Å². The molecule has 2 atom stereocenters. The summed E-state index contributed by atoms with van der Waals surface area (Å²) in [4.78, 5) is 24.9. The quantitative estimate of drug-likeness (QED) is 0.890. The number of rotatable bonds is 2. The Balaban J connectivity index is 2.26. The van der Waals surface area contributed by atoms with Gasteiger partial charge in [0.15, 0.2) is 0 Å². The maximum atomic E-state index is 13.5. The third-order valence-corrected chi connectivity index (χ3v) is 3.83. The van der Waals surface area contributed by atoms with Gasteiger partial charge in [-0.1, -0.05) is 6.07 Å². The second-order valence-corrected chi connectivity index (χ2v) is 4.88. The summed E-state index contributed by atoms with van der Waals surface area (Å²) in [5.74, 6) is -2.16. The third-order valence-electron chi connectivity index (χ3n) is 3.83. The molecule has 19 heavy (non-hydrogen) atoms. The van der Waals surface area contributed by atoms with Crippen molar-refractivity contribution >= 4 is 11.9 Å². The molecule has 102 valence electrons. The first kappa shape index (κ1) is 13.5. The van der Waals surface area contributed by atoms with Crippen molar-refractivity contribution in [2.45, 2.75) is 26.3 Å². The lowest BCUT2D eigenvalue weighted by atomic mass is 10.0. The van der Waals surface area contributed by atoms with Gasteiger partial charge in [0, 0.05) is 18.2 Å². The maximum Gasteiger partial charge on any atom is 0.308 e. The molecule has 1 aromatic carbocycles. The van der Waals surface area contributed by atoms with Crippen LogP contribution in [-0.2, 0) is 4.79 Å². The van der Waals surface area contributed by atoms with Crippen LogP contribution in [0.2, 0.25) is 0 Å². The second kappa shape index (κ2) is 4.99. The Kier molecular flexibility index (Phi) is 3.55. The average Bonchev–Trinajstić information content (AvgIpc) is 2.74. The summed E-state index contributed by atoms with van der Waals surface area (Å²) in [6.07, 6.45) is 0.441. The molecule has 1 fully saturated rings. The minimum Gasteiger partial charge on any atom is -0.481 e. The van der Waals surface area contributed by atoms with Crippen molar-refractivity contribution in [1.82, 2.24) is 4.90 Å². The molecule has 2 unspecified atom stereocenters. The third kappa shape index (κ3) is 2.32. The molecule has 1 amide bonds. The Labute approximate surface area is 110 Å². The summed E-state index contributed by atoms with van der Waals surface area (Å²) >= 11 is 0. The van der Waals surface area contributed by atoms with Crippen LogP contribution in [0, 0.1) is 18.7 Å². The number of hydrogen-bond acceptors (Lipinski definition) is 2. The van der Waals surface area contributed by atoms with Gasteiger partial charge >= 0.3 is 5.97 Å². The molecule has 2 rings (SSSR count). The van der Waals surface area contributed by atoms with Gasteiger partial charge < -0.3 is 10.0 Å². The van der Waals surface area contributed by atoms with Crippen LogP contribution in [0.15, 0.2) is 18.2 Å². The SMILES string of the molecule is Cc1c(F)cccc1C(=O)N1CCC(C(=O)O)C1C. The van der Waals surface area contributed by atoms with Gasteiger partial charge in [0.25, 0.3) is 5.91 Å². The fourth-order valence-corrected chi connectivity index (χ4v) is 2.55. The van der Waals surface area contributed by atoms with E-state index < -0.39 is 17.7 Å². The zero-order chi connectivity index (χ0) is 14.2. The molecule has 0 spiro atoms. The highest BCUT2D eigenvalue weighted by Crippen LogP contribution is 2.27. The van der Waals surface area contributed by atoms with E-state index >= 15 is 0 Å². The Morgan fingerprint density at radius 1 is 1.42 bits per heavy atom. The topological polar surface area (TPSA) is 57.6 Å². The summed E-state index contributed by atoms with van der Waals surface area (Å²) in [5, 5.41) is 9.05. The Bertz CT molecular complexity index is 529. The number of amides is 1. The summed E-state index contributed by atoms with van der Waals surface area (Å²) in [5.41, 5.74) is 0.608. The summed E-state index contributed by atoms with van der Waals surface area (Å²) in [7, 11) is 0. The number of benzene rings is 1. The van der Waals surface area contributed by atoms with Gasteiger partial charge in [-0.15, -0.1) is 0 Å². The maximum absolute atomic E-state index is 13.5. The lowest BCUT2D eigenvalue weighted by molar-refractivity contribution is -0.142. The van der Waals surface area contributed by atoms with Gasteiger partial charge in [0.1, 0.15) is 5.82 Å². The van der Waals surface area contributed by atoms with E-state index in [1.807, 2.05) is 0 Å². The first-order valence-electron chi connectivity index (χ1n) is 6.22. The van der Waals surface area contributed by atoms with Gasteiger partial charge in [-0.3, -0.25) is 9.59 Å². The summed E-state index contributed by atoms with van der Waals surface area (Å²) in [6, 6.07) is 4.00. The smallest absolute Gasteiger partial charge is 0.308 e. The zero-order valence-corrected chi connectivity index (χ0v) is 10.9. The van der Waals surface area contributed by atoms with Crippen molar-refractivity contribution < 1.29 is 19.1 Å². The summed E-state index contributed by atoms with van der Waals surface area (Å²) in [6.45, 7) is 3.67. The number of likely N-dealkylation sites (tertiary alicyclic amines) is 1. The number of halogens is 1. The Hall–Kier alpha value is -1.91. The number of nitrogens with zero attached hydrogens (tertiary/aromatic N) is 1. The van der Waals surface area contributed by atoms with Gasteiger partial charge in [-0.05, 0) is 38.0 Å². The monoisotopic (exact) mass is 265 g/mol. The van der Waals surface area contributed by atoms with Crippen LogP contribution >= 0.6 is 0 Å². The van der Waals surface area contributed by atoms with Gasteiger partial charge in [-0.2, -0.15) is 0 Å². The zero-order valence-electron chi connectivity index (χ0n) is 10.9. The lowest BCUT2D eigenvalue weighted by Gasteiger charge is -2.24. The number of carbonyl (C=O) groups excluding carboxylic acids is 1. The Morgan fingerprint density at radius 2 is 2.11 bits per heavy atom. The van der Waals surface area contributed by atoms with Crippen LogP contribution in [0.3, 0.4) is 0 Å². The van der Waals surface area contributed by atoms with E-state index in [2.05, 4.69) is 0 Å². The number of carboxylic acids is 1. The minimum atomic E-state index is -0.890. The Morgan fingerprint density at radius 3 is 2.68 bits per heavy atom. The normalized spacial score (nSPS) is 22.6. The molecule has 0 saturated carbocycles. The lowest BCUT2D eigenvalue weighted by Crippen LogP contribution is -2.38. The van der Waals surface area contributed by atoms with Crippen molar-refractivity contribution in [3.63, 3.8) is 0 Å². The molecule has 1 aromatic rings. The van der Waals surface area contributed by atoms with Crippen LogP contribution in [0.4, 0.5) is 4.39 Å². The highest BCUT2D eigenvalue weighted by atomic mass is 19.1. The first-order chi connectivity index (χ1) is 8.93. The number of aliphatic carboxylic acids is 1. The molecule has 0 bridgehead atoms. The molecule has 1 N–H and O–H groups in total. The number of carbonyl (C=O) groups is 2. The van der Waals surface area contributed by atoms with E-state index in [0.717, 1.165) is 0 Å². The van der Waals surface area contributed by atoms with Crippen molar-refractivity contribution in [1.29, 1.82) is 0 Å². The van der Waals surface area contributed by atoms with Crippen molar-refractivity contribution in [3.8, 4) is 0 Å². The molecule has 0 aromatic heterocycles. The highest BCUT2D eigenvalue weighted by molar-refractivity contribution is 5.96. The van der Waals surface area contributed by atoms with Crippen molar-refractivity contribution in [3.05, 3.63) is 35.1 Å². The van der Waals surface area contributed by atoms with Crippen LogP contribution in [0.1, 0.15) is 29.3 Å². The predicted octanol–water partition coefficient (Wildman–Crippen LogP) is 2.07. The van der Waals surface area contributed by atoms with Crippen molar-refractivity contribution in [2.24, 2.45) is 5.92 Å². The number of carboxylic acid groups (broad SMARTS) is 1. The molecular formula is C14H16FNO3. The predicted molar refractivity (Wildman–Crippen MR) is 67.4 cm³/mol. The molecule has 0 radical (unpaired) electrons. The molecule has 1 heterocycles. The number of hydrogen-bond donors (Lipinski definition) is 1. The van der Waals surface area contributed by atoms with Crippen LogP contribution in [-0.4, -0.2) is 34.5 Å². The standard InChI is InChI=1S/C14H16FNO3/c1-8-10(4-3-5-12(8)15)13(17)16-7-6-11(9(16)2)14(18)19/h3-5,9,11H,6-7H2,1-2H3,(H,18,19). The van der Waals surface area contributed by atoms with E-state index in [9.17, 15) is 14.0 Å². The molecule has 1 aliphatic heterocycles. The van der Waals surface area contributed by atoms with E-state index in [4.69, 9.17) is 5.11 Å². The van der Waals surface area contributed by atoms with Gasteiger partial charge in [0.05, 0.1) is 5.92 Å². The average molecular weight is 265 g/mol. The fraction of sp³-hybridized carbons (Fsp3) is 0.429. The molecule has 1 aliphatic rings. The second-order valence-electron chi connectivity index (χ2n) is 4.88. The first-order valence-corrected chi connectivity index (χ1v) is 6.22.